The highest BCUT2D eigenvalue weighted by atomic mass is 35.5. The third-order valence-electron chi connectivity index (χ3n) is 10.2. The Bertz CT molecular complexity index is 2690. The lowest BCUT2D eigenvalue weighted by atomic mass is 10.0. The Morgan fingerprint density at radius 3 is 1.92 bits per heavy atom. The van der Waals surface area contributed by atoms with E-state index in [1.165, 1.54) is 36.3 Å². The van der Waals surface area contributed by atoms with Crippen LogP contribution in [0.2, 0.25) is 0 Å². The Hall–Kier alpha value is -5.97. The van der Waals surface area contributed by atoms with Crippen LogP contribution in [0, 0.1) is 0 Å². The molecule has 0 aliphatic heterocycles. The van der Waals surface area contributed by atoms with E-state index in [0.29, 0.717) is 45.4 Å². The standard InChI is InChI=1S/C25H25F3N2O6.C14H20ClNO2.C8H11Cl2NO.C3H8NO5P/c1-5-16-6-7-17(20(12-16)36-15(2)23(32)34-4)14-35-19-10-8-18(9-11-19)30-22(31)13-21(25(26,27)28)29(3)24(30)33;1-4-11-7-6-8-12(5-2)14(11)16(10-18-3)13(17)9-15;1-3-5-11(6-4-2)8(12)7(9)10;5-3(6)1-4-2-10(7,8)9/h6-13,15H,5,14H2,1-4H3;6-8H,4-5,9-10H2,1-3H3;3-4,7H,1-2,5-6H2;4H,1-2H2,(H,5,6)(H2,7,8,9). The highest BCUT2D eigenvalue weighted by Gasteiger charge is 2.35. The van der Waals surface area contributed by atoms with Crippen LogP contribution in [-0.2, 0) is 72.3 Å². The van der Waals surface area contributed by atoms with Crippen molar-refractivity contribution in [3.63, 3.8) is 0 Å². The van der Waals surface area contributed by atoms with Gasteiger partial charge in [0.1, 0.15) is 36.4 Å². The number of nitrogens with zero attached hydrogens (tertiary/aromatic N) is 4. The molecule has 1 heterocycles. The van der Waals surface area contributed by atoms with E-state index >= 15 is 0 Å². The van der Waals surface area contributed by atoms with Crippen LogP contribution in [0.4, 0.5) is 18.9 Å². The van der Waals surface area contributed by atoms with Crippen LogP contribution in [0.3, 0.4) is 0 Å². The van der Waals surface area contributed by atoms with E-state index in [0.717, 1.165) is 48.7 Å². The molecule has 26 heteroatoms. The first-order valence-corrected chi connectivity index (χ1v) is 26.1. The number of esters is 1. The van der Waals surface area contributed by atoms with Crippen molar-refractivity contribution < 1.29 is 70.8 Å². The number of hydrogen-bond donors (Lipinski definition) is 4. The van der Waals surface area contributed by atoms with Crippen LogP contribution < -0.4 is 30.9 Å². The molecule has 76 heavy (non-hydrogen) atoms. The molecule has 4 N–H and O–H groups in total. The van der Waals surface area contributed by atoms with Crippen molar-refractivity contribution in [3.05, 3.63) is 141 Å². The minimum atomic E-state index is -4.84. The summed E-state index contributed by atoms with van der Waals surface area (Å²) in [4.78, 5) is 87.9. The summed E-state index contributed by atoms with van der Waals surface area (Å²) in [5, 5.41) is 10.1. The maximum absolute atomic E-state index is 13.1. The topological polar surface area (TPSA) is 245 Å². The van der Waals surface area contributed by atoms with E-state index in [-0.39, 0.29) is 36.7 Å². The van der Waals surface area contributed by atoms with Crippen LogP contribution in [0.1, 0.15) is 55.6 Å². The number of benzene rings is 3. The molecule has 0 aliphatic rings. The fourth-order valence-electron chi connectivity index (χ4n) is 6.48. The summed E-state index contributed by atoms with van der Waals surface area (Å²) in [6, 6.07) is 17.8. The van der Waals surface area contributed by atoms with Gasteiger partial charge < -0.3 is 38.7 Å². The van der Waals surface area contributed by atoms with Crippen molar-refractivity contribution >= 4 is 71.8 Å². The number of alkyl halides is 6. The van der Waals surface area contributed by atoms with Crippen LogP contribution in [0.5, 0.6) is 11.5 Å². The number of amides is 2. The molecule has 1 aromatic heterocycles. The number of aromatic nitrogens is 2. The molecule has 420 valence electrons. The van der Waals surface area contributed by atoms with Crippen molar-refractivity contribution in [1.82, 2.24) is 19.4 Å². The number of carboxylic acids is 1. The molecule has 0 bridgehead atoms. The SMILES string of the molecule is C=CCN(CC=C)C(=O)C(Cl)Cl.CCc1ccc(COc2ccc(-n3c(=O)cc(C(F)(F)F)n(C)c3=O)cc2)c(OC(C)C(=O)OC)c1.CCc1cccc(CC)c1N(COC)C(=O)CCl.O=C(O)CNCP(=O)(O)O. The van der Waals surface area contributed by atoms with Crippen molar-refractivity contribution in [3.8, 4) is 17.2 Å². The van der Waals surface area contributed by atoms with Gasteiger partial charge in [-0.3, -0.25) is 38.5 Å². The maximum atomic E-state index is 13.1. The monoisotopic (exact) mass is 1150 g/mol. The van der Waals surface area contributed by atoms with Gasteiger partial charge in [-0.25, -0.2) is 14.2 Å². The highest BCUT2D eigenvalue weighted by molar-refractivity contribution is 7.51. The Kier molecular flexibility index (Phi) is 30.4. The van der Waals surface area contributed by atoms with Crippen molar-refractivity contribution in [2.24, 2.45) is 7.05 Å². The van der Waals surface area contributed by atoms with E-state index in [9.17, 15) is 46.5 Å². The first-order chi connectivity index (χ1) is 35.7. The second-order valence-corrected chi connectivity index (χ2v) is 18.7. The molecule has 3 aromatic carbocycles. The molecule has 19 nitrogen and oxygen atoms in total. The van der Waals surface area contributed by atoms with Gasteiger partial charge in [0.05, 0.1) is 31.3 Å². The third-order valence-corrected chi connectivity index (χ3v) is 11.4. The number of aryl methyl sites for hydroxylation is 3. The predicted octanol–water partition coefficient (Wildman–Crippen LogP) is 7.41. The highest BCUT2D eigenvalue weighted by Crippen LogP contribution is 2.32. The Morgan fingerprint density at radius 2 is 1.47 bits per heavy atom. The van der Waals surface area contributed by atoms with E-state index < -0.39 is 66.4 Å². The Morgan fingerprint density at radius 1 is 0.895 bits per heavy atom. The number of ether oxygens (including phenoxy) is 4. The minimum absolute atomic E-state index is 0.0371. The fourth-order valence-corrected chi connectivity index (χ4v) is 7.30. The average molecular weight is 1150 g/mol. The Labute approximate surface area is 453 Å². The number of anilines is 1. The molecule has 2 amide bonds. The molecule has 0 saturated heterocycles. The minimum Gasteiger partial charge on any atom is -0.489 e. The van der Waals surface area contributed by atoms with Gasteiger partial charge in [-0.15, -0.1) is 24.8 Å². The second kappa shape index (κ2) is 33.9. The molecule has 0 fully saturated rings. The van der Waals surface area contributed by atoms with Gasteiger partial charge in [-0.2, -0.15) is 13.2 Å². The van der Waals surface area contributed by atoms with Gasteiger partial charge in [0, 0.05) is 38.9 Å². The molecule has 1 atom stereocenters. The summed E-state index contributed by atoms with van der Waals surface area (Å²) < 4.78 is 71.7. The molecule has 0 spiro atoms. The summed E-state index contributed by atoms with van der Waals surface area (Å²) in [6.45, 7) is 15.5. The number of methoxy groups -OCH3 is 2. The predicted molar refractivity (Wildman–Crippen MR) is 285 cm³/mol. The molecule has 4 aromatic rings. The van der Waals surface area contributed by atoms with E-state index in [1.54, 1.807) is 31.1 Å². The number of hydrogen-bond acceptors (Lipinski definition) is 12. The van der Waals surface area contributed by atoms with Crippen LogP contribution in [0.25, 0.3) is 5.69 Å². The lowest BCUT2D eigenvalue weighted by molar-refractivity contribution is -0.148. The molecular formula is C50H64Cl3F3N5O14P. The number of halogens is 6. The van der Waals surface area contributed by atoms with E-state index in [1.807, 2.05) is 43.3 Å². The summed E-state index contributed by atoms with van der Waals surface area (Å²) in [5.74, 6) is -1.32. The normalized spacial score (nSPS) is 11.3. The summed E-state index contributed by atoms with van der Waals surface area (Å²) in [7, 11) is -0.300. The summed E-state index contributed by atoms with van der Waals surface area (Å²) in [6.07, 6.45) is -0.540. The van der Waals surface area contributed by atoms with Crippen LogP contribution in [0.15, 0.2) is 102 Å². The molecule has 0 saturated carbocycles. The van der Waals surface area contributed by atoms with Gasteiger partial charge in [0.2, 0.25) is 5.91 Å². The Balaban J connectivity index is 0.000000596. The van der Waals surface area contributed by atoms with Crippen molar-refractivity contribution in [1.29, 1.82) is 0 Å². The zero-order valence-corrected chi connectivity index (χ0v) is 46.1. The molecule has 0 radical (unpaired) electrons. The second-order valence-electron chi connectivity index (χ2n) is 15.7. The lowest BCUT2D eigenvalue weighted by Crippen LogP contribution is -2.40. The number of rotatable bonds is 23. The zero-order valence-electron chi connectivity index (χ0n) is 43.0. The number of carboxylic acid groups (broad SMARTS) is 1. The number of carbonyl (C=O) groups is 4. The smallest absolute Gasteiger partial charge is 0.431 e. The first-order valence-electron chi connectivity index (χ1n) is 22.9. The number of para-hydroxylation sites is 1. The van der Waals surface area contributed by atoms with E-state index in [2.05, 4.69) is 32.3 Å². The maximum Gasteiger partial charge on any atom is 0.431 e. The van der Waals surface area contributed by atoms with Gasteiger partial charge in [0.25, 0.3) is 11.5 Å². The summed E-state index contributed by atoms with van der Waals surface area (Å²) >= 11 is 16.5. The van der Waals surface area contributed by atoms with Crippen LogP contribution in [-0.4, -0.2) is 116 Å². The lowest BCUT2D eigenvalue weighted by Gasteiger charge is -2.26. The van der Waals surface area contributed by atoms with Crippen molar-refractivity contribution in [2.75, 3.05) is 57.7 Å². The van der Waals surface area contributed by atoms with Gasteiger partial charge >= 0.3 is 31.4 Å². The molecular weight excluding hydrogens is 1090 g/mol. The third kappa shape index (κ3) is 22.7. The fraction of sp³-hybridized carbons (Fsp3) is 0.400. The number of carbonyl (C=O) groups excluding carboxylic acids is 3. The van der Waals surface area contributed by atoms with E-state index in [4.69, 9.17) is 68.6 Å². The molecule has 4 rings (SSSR count). The molecule has 1 unspecified atom stereocenters. The quantitative estimate of drug-likeness (QED) is 0.0186. The van der Waals surface area contributed by atoms with Gasteiger partial charge in [0.15, 0.2) is 10.9 Å². The molecule has 0 aliphatic carbocycles. The number of nitrogens with one attached hydrogen (secondary N) is 1. The van der Waals surface area contributed by atoms with Gasteiger partial charge in [-0.05, 0) is 73.2 Å². The summed E-state index contributed by atoms with van der Waals surface area (Å²) in [5.41, 5.74) is 1.44. The average Bonchev–Trinajstić information content (AvgIpc) is 3.37. The largest absolute Gasteiger partial charge is 0.489 e. The van der Waals surface area contributed by atoms with Gasteiger partial charge in [-0.1, -0.05) is 86.5 Å². The van der Waals surface area contributed by atoms with Crippen LogP contribution >= 0.6 is 42.4 Å². The zero-order chi connectivity index (χ0) is 57.9. The number of aliphatic carboxylic acids is 1. The first kappa shape index (κ1) is 68.0. The van der Waals surface area contributed by atoms with Crippen molar-refractivity contribution in [2.45, 2.75) is 70.7 Å².